The first kappa shape index (κ1) is 13.3. The number of thiazole rings is 1. The van der Waals surface area contributed by atoms with Gasteiger partial charge in [0, 0.05) is 0 Å². The molecule has 2 aromatic rings. The Morgan fingerprint density at radius 2 is 2.42 bits per heavy atom. The first-order valence-corrected chi connectivity index (χ1v) is 6.64. The number of nitriles is 1. The molecule has 0 aliphatic rings. The zero-order valence-electron chi connectivity index (χ0n) is 10.6. The van der Waals surface area contributed by atoms with Gasteiger partial charge in [-0.1, -0.05) is 18.3 Å². The molecule has 1 heterocycles. The summed E-state index contributed by atoms with van der Waals surface area (Å²) in [6.45, 7) is 1.80. The first-order valence-electron chi connectivity index (χ1n) is 5.83. The second kappa shape index (κ2) is 5.67. The van der Waals surface area contributed by atoms with Crippen molar-refractivity contribution < 1.29 is 9.53 Å². The Labute approximate surface area is 114 Å². The summed E-state index contributed by atoms with van der Waals surface area (Å²) >= 11 is 1.36. The first-order chi connectivity index (χ1) is 9.17. The van der Waals surface area contributed by atoms with Crippen LogP contribution in [0.3, 0.4) is 0 Å². The largest absolute Gasteiger partial charge is 0.497 e. The van der Waals surface area contributed by atoms with Crippen LogP contribution in [0.2, 0.25) is 0 Å². The van der Waals surface area contributed by atoms with Gasteiger partial charge >= 0.3 is 0 Å². The predicted molar refractivity (Wildman–Crippen MR) is 74.2 cm³/mol. The number of nitrogens with one attached hydrogen (secondary N) is 1. The Kier molecular flexibility index (Phi) is 3.97. The maximum absolute atomic E-state index is 11.8. The number of methoxy groups -OCH3 is 1. The molecule has 1 N–H and O–H groups in total. The fourth-order valence-corrected chi connectivity index (χ4v) is 2.51. The van der Waals surface area contributed by atoms with Crippen LogP contribution < -0.4 is 10.1 Å². The third-order valence-corrected chi connectivity index (χ3v) is 3.64. The van der Waals surface area contributed by atoms with Crippen molar-refractivity contribution in [1.29, 1.82) is 5.26 Å². The Bertz CT molecular complexity index is 645. The van der Waals surface area contributed by atoms with E-state index in [9.17, 15) is 4.79 Å². The van der Waals surface area contributed by atoms with E-state index in [1.54, 1.807) is 14.0 Å². The van der Waals surface area contributed by atoms with E-state index in [0.717, 1.165) is 16.0 Å². The summed E-state index contributed by atoms with van der Waals surface area (Å²) in [7, 11) is 1.60. The number of carbonyl (C=O) groups is 1. The van der Waals surface area contributed by atoms with Gasteiger partial charge in [-0.25, -0.2) is 4.98 Å². The van der Waals surface area contributed by atoms with Gasteiger partial charge < -0.3 is 10.1 Å². The molecule has 0 bridgehead atoms. The van der Waals surface area contributed by atoms with E-state index in [4.69, 9.17) is 10.00 Å². The minimum absolute atomic E-state index is 0.309. The summed E-state index contributed by atoms with van der Waals surface area (Å²) < 4.78 is 6.06. The fraction of sp³-hybridized carbons (Fsp3) is 0.308. The van der Waals surface area contributed by atoms with E-state index in [-0.39, 0.29) is 5.91 Å². The topological polar surface area (TPSA) is 75.0 Å². The Hall–Kier alpha value is -2.13. The number of carbonyl (C=O) groups excluding carboxylic acids is 1. The number of nitrogens with zero attached hydrogens (tertiary/aromatic N) is 2. The maximum Gasteiger partial charge on any atom is 0.243 e. The van der Waals surface area contributed by atoms with Crippen LogP contribution in [0.25, 0.3) is 10.2 Å². The van der Waals surface area contributed by atoms with Crippen molar-refractivity contribution in [3.63, 3.8) is 0 Å². The minimum atomic E-state index is -0.637. The number of amides is 1. The SMILES string of the molecule is CCC(C#N)C(=O)Nc1nc2ccc(OC)cc2s1. The third kappa shape index (κ3) is 2.83. The van der Waals surface area contributed by atoms with E-state index in [2.05, 4.69) is 10.3 Å². The average Bonchev–Trinajstić information content (AvgIpc) is 2.80. The van der Waals surface area contributed by atoms with Gasteiger partial charge in [-0.2, -0.15) is 5.26 Å². The second-order valence-electron chi connectivity index (χ2n) is 3.93. The molecule has 5 nitrogen and oxygen atoms in total. The fourth-order valence-electron chi connectivity index (χ4n) is 1.61. The van der Waals surface area contributed by atoms with Crippen molar-refractivity contribution in [2.45, 2.75) is 13.3 Å². The Morgan fingerprint density at radius 1 is 1.63 bits per heavy atom. The molecule has 1 aromatic heterocycles. The van der Waals surface area contributed by atoms with Crippen LogP contribution in [-0.4, -0.2) is 18.0 Å². The predicted octanol–water partition coefficient (Wildman–Crippen LogP) is 2.79. The summed E-state index contributed by atoms with van der Waals surface area (Å²) in [6, 6.07) is 7.49. The second-order valence-corrected chi connectivity index (χ2v) is 4.96. The maximum atomic E-state index is 11.8. The van der Waals surface area contributed by atoms with E-state index < -0.39 is 5.92 Å². The lowest BCUT2D eigenvalue weighted by atomic mass is 10.1. The standard InChI is InChI=1S/C13H13N3O2S/c1-3-8(7-14)12(17)16-13-15-10-5-4-9(18-2)6-11(10)19-13/h4-6,8H,3H2,1-2H3,(H,15,16,17). The summed E-state index contributed by atoms with van der Waals surface area (Å²) in [5, 5.41) is 12.0. The van der Waals surface area contributed by atoms with Crippen LogP contribution in [0.5, 0.6) is 5.75 Å². The van der Waals surface area contributed by atoms with E-state index in [0.29, 0.717) is 11.6 Å². The summed E-state index contributed by atoms with van der Waals surface area (Å²) in [4.78, 5) is 16.1. The number of benzene rings is 1. The molecular weight excluding hydrogens is 262 g/mol. The molecule has 98 valence electrons. The van der Waals surface area contributed by atoms with Gasteiger partial charge in [0.05, 0.1) is 23.4 Å². The van der Waals surface area contributed by atoms with Gasteiger partial charge in [0.15, 0.2) is 5.13 Å². The molecule has 1 atom stereocenters. The van der Waals surface area contributed by atoms with Crippen LogP contribution in [0, 0.1) is 17.2 Å². The van der Waals surface area contributed by atoms with E-state index in [1.807, 2.05) is 24.3 Å². The van der Waals surface area contributed by atoms with Gasteiger partial charge in [0.1, 0.15) is 11.7 Å². The molecule has 0 radical (unpaired) electrons. The highest BCUT2D eigenvalue weighted by molar-refractivity contribution is 7.22. The molecule has 0 spiro atoms. The summed E-state index contributed by atoms with van der Waals surface area (Å²) in [5.74, 6) is -0.199. The monoisotopic (exact) mass is 275 g/mol. The van der Waals surface area contributed by atoms with Crippen LogP contribution in [0.15, 0.2) is 18.2 Å². The number of hydrogen-bond acceptors (Lipinski definition) is 5. The number of rotatable bonds is 4. The van der Waals surface area contributed by atoms with Gasteiger partial charge in [-0.15, -0.1) is 0 Å². The smallest absolute Gasteiger partial charge is 0.243 e. The third-order valence-electron chi connectivity index (χ3n) is 2.71. The van der Waals surface area contributed by atoms with Crippen LogP contribution in [0.4, 0.5) is 5.13 Å². The molecule has 2 rings (SSSR count). The minimum Gasteiger partial charge on any atom is -0.497 e. The normalized spacial score (nSPS) is 11.8. The Morgan fingerprint density at radius 3 is 3.05 bits per heavy atom. The van der Waals surface area contributed by atoms with Gasteiger partial charge in [0.25, 0.3) is 0 Å². The number of ether oxygens (including phenoxy) is 1. The highest BCUT2D eigenvalue weighted by Gasteiger charge is 2.17. The molecule has 1 amide bonds. The molecule has 0 aliphatic carbocycles. The van der Waals surface area contributed by atoms with E-state index in [1.165, 1.54) is 11.3 Å². The van der Waals surface area contributed by atoms with E-state index >= 15 is 0 Å². The molecule has 0 saturated carbocycles. The van der Waals surface area contributed by atoms with Crippen molar-refractivity contribution in [1.82, 2.24) is 4.98 Å². The highest BCUT2D eigenvalue weighted by Crippen LogP contribution is 2.29. The van der Waals surface area contributed by atoms with Crippen molar-refractivity contribution in [3.8, 4) is 11.8 Å². The molecule has 0 fully saturated rings. The van der Waals surface area contributed by atoms with Gasteiger partial charge in [-0.05, 0) is 24.6 Å². The highest BCUT2D eigenvalue weighted by atomic mass is 32.1. The molecule has 1 aromatic carbocycles. The average molecular weight is 275 g/mol. The summed E-state index contributed by atoms with van der Waals surface area (Å²) in [6.07, 6.45) is 0.487. The van der Waals surface area contributed by atoms with Crippen molar-refractivity contribution in [3.05, 3.63) is 18.2 Å². The quantitative estimate of drug-likeness (QED) is 0.931. The van der Waals surface area contributed by atoms with Gasteiger partial charge in [0.2, 0.25) is 5.91 Å². The molecule has 0 aliphatic heterocycles. The number of hydrogen-bond donors (Lipinski definition) is 1. The molecule has 0 saturated heterocycles. The molecule has 1 unspecified atom stereocenters. The van der Waals surface area contributed by atoms with Crippen LogP contribution in [-0.2, 0) is 4.79 Å². The molecular formula is C13H13N3O2S. The number of fused-ring (bicyclic) bond motifs is 1. The molecule has 6 heteroatoms. The van der Waals surface area contributed by atoms with Crippen molar-refractivity contribution in [2.24, 2.45) is 5.92 Å². The van der Waals surface area contributed by atoms with Crippen LogP contribution >= 0.6 is 11.3 Å². The Balaban J connectivity index is 2.22. The van der Waals surface area contributed by atoms with Crippen molar-refractivity contribution in [2.75, 3.05) is 12.4 Å². The molecule has 19 heavy (non-hydrogen) atoms. The zero-order chi connectivity index (χ0) is 13.8. The van der Waals surface area contributed by atoms with Crippen LogP contribution in [0.1, 0.15) is 13.3 Å². The number of anilines is 1. The lowest BCUT2D eigenvalue weighted by Gasteiger charge is -2.04. The summed E-state index contributed by atoms with van der Waals surface area (Å²) in [5.41, 5.74) is 0.797. The number of aromatic nitrogens is 1. The van der Waals surface area contributed by atoms with Gasteiger partial charge in [-0.3, -0.25) is 4.79 Å². The van der Waals surface area contributed by atoms with Crippen molar-refractivity contribution >= 4 is 32.6 Å². The lowest BCUT2D eigenvalue weighted by molar-refractivity contribution is -0.118. The zero-order valence-corrected chi connectivity index (χ0v) is 11.5. The lowest BCUT2D eigenvalue weighted by Crippen LogP contribution is -2.20.